The van der Waals surface area contributed by atoms with Crippen LogP contribution in [0.4, 0.5) is 5.69 Å². The summed E-state index contributed by atoms with van der Waals surface area (Å²) in [6, 6.07) is 14.5. The van der Waals surface area contributed by atoms with E-state index in [1.807, 2.05) is 13.0 Å². The molecule has 0 amide bonds. The maximum absolute atomic E-state index is 13.0. The molecule has 1 N–H and O–H groups in total. The number of hydrogen-bond donors (Lipinski definition) is 1. The molecule has 4 rings (SSSR count). The maximum atomic E-state index is 13.0. The third-order valence-corrected chi connectivity index (χ3v) is 4.83. The molecule has 0 spiro atoms. The molecule has 0 aliphatic rings. The van der Waals surface area contributed by atoms with E-state index in [4.69, 9.17) is 0 Å². The van der Waals surface area contributed by atoms with Gasteiger partial charge in [-0.2, -0.15) is 9.78 Å². The third kappa shape index (κ3) is 3.39. The predicted octanol–water partition coefficient (Wildman–Crippen LogP) is 4.00. The van der Waals surface area contributed by atoms with Gasteiger partial charge in [0.2, 0.25) is 0 Å². The number of nitro groups is 1. The summed E-state index contributed by atoms with van der Waals surface area (Å²) in [6.07, 6.45) is 2.73. The zero-order valence-corrected chi connectivity index (χ0v) is 16.1. The van der Waals surface area contributed by atoms with E-state index in [1.165, 1.54) is 29.1 Å². The lowest BCUT2D eigenvalue weighted by molar-refractivity contribution is -0.384. The number of rotatable bonds is 5. The Morgan fingerprint density at radius 3 is 2.73 bits per heavy atom. The maximum Gasteiger partial charge on any atom is 0.282 e. The van der Waals surface area contributed by atoms with Gasteiger partial charge in [-0.3, -0.25) is 14.9 Å². The van der Waals surface area contributed by atoms with E-state index < -0.39 is 4.92 Å². The highest BCUT2D eigenvalue weighted by Gasteiger charge is 2.12. The van der Waals surface area contributed by atoms with E-state index in [0.29, 0.717) is 39.5 Å². The van der Waals surface area contributed by atoms with E-state index in [9.17, 15) is 20.0 Å². The molecule has 8 nitrogen and oxygen atoms in total. The number of aromatic nitrogens is 2. The summed E-state index contributed by atoms with van der Waals surface area (Å²) in [7, 11) is 0. The fourth-order valence-electron chi connectivity index (χ4n) is 3.37. The molecule has 0 saturated heterocycles. The van der Waals surface area contributed by atoms with Crippen molar-refractivity contribution in [3.63, 3.8) is 0 Å². The van der Waals surface area contributed by atoms with Gasteiger partial charge in [0.25, 0.3) is 11.2 Å². The van der Waals surface area contributed by atoms with E-state index in [-0.39, 0.29) is 17.0 Å². The molecule has 3 aromatic carbocycles. The summed E-state index contributed by atoms with van der Waals surface area (Å²) in [5, 5.41) is 27.3. The second-order valence-electron chi connectivity index (χ2n) is 6.82. The molecule has 0 atom stereocenters. The van der Waals surface area contributed by atoms with Crippen LogP contribution in [-0.2, 0) is 6.42 Å². The quantitative estimate of drug-likeness (QED) is 0.308. The Labute approximate surface area is 170 Å². The summed E-state index contributed by atoms with van der Waals surface area (Å²) < 4.78 is 1.25. The van der Waals surface area contributed by atoms with Crippen LogP contribution in [0.25, 0.3) is 21.7 Å². The number of benzene rings is 3. The Morgan fingerprint density at radius 1 is 1.17 bits per heavy atom. The van der Waals surface area contributed by atoms with E-state index in [2.05, 4.69) is 10.1 Å². The molecular weight excluding hydrogens is 384 g/mol. The van der Waals surface area contributed by atoms with Crippen molar-refractivity contribution >= 4 is 33.6 Å². The summed E-state index contributed by atoms with van der Waals surface area (Å²) in [5.41, 5.74) is 0.634. The summed E-state index contributed by atoms with van der Waals surface area (Å²) in [4.78, 5) is 28.1. The number of phenols is 1. The van der Waals surface area contributed by atoms with Gasteiger partial charge in [0.05, 0.1) is 22.0 Å². The Hall–Kier alpha value is -4.07. The van der Waals surface area contributed by atoms with Gasteiger partial charge in [0, 0.05) is 24.1 Å². The van der Waals surface area contributed by atoms with E-state index in [0.717, 1.165) is 6.42 Å². The number of hydrogen-bond acceptors (Lipinski definition) is 6. The van der Waals surface area contributed by atoms with Crippen LogP contribution in [0.3, 0.4) is 0 Å². The minimum absolute atomic E-state index is 0.0426. The van der Waals surface area contributed by atoms with Crippen LogP contribution in [0.15, 0.2) is 64.5 Å². The Morgan fingerprint density at radius 2 is 1.97 bits per heavy atom. The number of nitrogens with zero attached hydrogens (tertiary/aromatic N) is 4. The largest absolute Gasteiger partial charge is 0.507 e. The number of para-hydroxylation sites is 1. The summed E-state index contributed by atoms with van der Waals surface area (Å²) >= 11 is 0. The first kappa shape index (κ1) is 19.3. The highest BCUT2D eigenvalue weighted by atomic mass is 16.6. The molecule has 1 aromatic heterocycles. The standard InChI is InChI=1S/C22H18N4O4/c1-2-5-21-24-19-7-4-3-6-17(19)22(28)25(21)23-13-18-16-10-9-15(26(29)30)12-14(16)8-11-20(18)27/h3-4,6-13,27H,2,5H2,1H3. The molecule has 0 aliphatic heterocycles. The first-order valence-corrected chi connectivity index (χ1v) is 9.44. The molecule has 0 unspecified atom stereocenters. The molecule has 0 bridgehead atoms. The molecule has 0 fully saturated rings. The lowest BCUT2D eigenvalue weighted by Crippen LogP contribution is -2.22. The minimum atomic E-state index is -0.475. The minimum Gasteiger partial charge on any atom is -0.507 e. The van der Waals surface area contributed by atoms with Gasteiger partial charge in [-0.1, -0.05) is 25.1 Å². The lowest BCUT2D eigenvalue weighted by Gasteiger charge is -2.09. The van der Waals surface area contributed by atoms with Gasteiger partial charge in [0.1, 0.15) is 11.6 Å². The number of phenolic OH excluding ortho intramolecular Hbond substituents is 1. The van der Waals surface area contributed by atoms with Crippen LogP contribution in [0.5, 0.6) is 5.75 Å². The molecule has 150 valence electrons. The van der Waals surface area contributed by atoms with Gasteiger partial charge >= 0.3 is 0 Å². The first-order chi connectivity index (χ1) is 14.5. The highest BCUT2D eigenvalue weighted by molar-refractivity contribution is 6.03. The molecule has 0 saturated carbocycles. The van der Waals surface area contributed by atoms with Gasteiger partial charge in [-0.05, 0) is 41.5 Å². The van der Waals surface area contributed by atoms with Gasteiger partial charge in [-0.15, -0.1) is 0 Å². The van der Waals surface area contributed by atoms with Crippen LogP contribution in [0.2, 0.25) is 0 Å². The van der Waals surface area contributed by atoms with Gasteiger partial charge < -0.3 is 5.11 Å². The average Bonchev–Trinajstić information content (AvgIpc) is 2.74. The normalized spacial score (nSPS) is 11.5. The van der Waals surface area contributed by atoms with Crippen molar-refractivity contribution in [1.29, 1.82) is 0 Å². The van der Waals surface area contributed by atoms with Crippen LogP contribution < -0.4 is 5.56 Å². The van der Waals surface area contributed by atoms with Crippen LogP contribution in [0, 0.1) is 10.1 Å². The topological polar surface area (TPSA) is 111 Å². The zero-order valence-electron chi connectivity index (χ0n) is 16.1. The van der Waals surface area contributed by atoms with Crippen LogP contribution in [0.1, 0.15) is 24.7 Å². The summed E-state index contributed by atoms with van der Waals surface area (Å²) in [5.74, 6) is 0.478. The number of aromatic hydroxyl groups is 1. The fourth-order valence-corrected chi connectivity index (χ4v) is 3.37. The number of nitro benzene ring substituents is 1. The predicted molar refractivity (Wildman–Crippen MR) is 115 cm³/mol. The van der Waals surface area contributed by atoms with Crippen LogP contribution in [-0.4, -0.2) is 25.9 Å². The monoisotopic (exact) mass is 402 g/mol. The zero-order chi connectivity index (χ0) is 21.3. The smallest absolute Gasteiger partial charge is 0.282 e. The fraction of sp³-hybridized carbons (Fsp3) is 0.136. The highest BCUT2D eigenvalue weighted by Crippen LogP contribution is 2.28. The lowest BCUT2D eigenvalue weighted by atomic mass is 10.0. The molecule has 0 radical (unpaired) electrons. The molecule has 30 heavy (non-hydrogen) atoms. The Bertz CT molecular complexity index is 1380. The van der Waals surface area contributed by atoms with Crippen molar-refractivity contribution < 1.29 is 10.0 Å². The molecule has 4 aromatic rings. The van der Waals surface area contributed by atoms with Gasteiger partial charge in [0.15, 0.2) is 0 Å². The average molecular weight is 402 g/mol. The molecule has 0 aliphatic carbocycles. The molecule has 1 heterocycles. The Kier molecular flexibility index (Phi) is 4.97. The second-order valence-corrected chi connectivity index (χ2v) is 6.82. The molecule has 8 heteroatoms. The number of aryl methyl sites for hydroxylation is 1. The van der Waals surface area contributed by atoms with E-state index >= 15 is 0 Å². The van der Waals surface area contributed by atoms with Crippen molar-refractivity contribution in [3.05, 3.63) is 86.5 Å². The van der Waals surface area contributed by atoms with Gasteiger partial charge in [-0.25, -0.2) is 4.98 Å². The Balaban J connectivity index is 1.89. The SMILES string of the molecule is CCCc1nc2ccccc2c(=O)n1N=Cc1c(O)ccc2cc([N+](=O)[O-])ccc12. The van der Waals surface area contributed by atoms with Crippen molar-refractivity contribution in [2.24, 2.45) is 5.10 Å². The number of non-ortho nitro benzene ring substituents is 1. The summed E-state index contributed by atoms with van der Waals surface area (Å²) in [6.45, 7) is 1.98. The van der Waals surface area contributed by atoms with Crippen molar-refractivity contribution in [3.8, 4) is 5.75 Å². The third-order valence-electron chi connectivity index (χ3n) is 4.83. The first-order valence-electron chi connectivity index (χ1n) is 9.44. The van der Waals surface area contributed by atoms with Crippen molar-refractivity contribution in [2.75, 3.05) is 0 Å². The number of fused-ring (bicyclic) bond motifs is 2. The van der Waals surface area contributed by atoms with Crippen LogP contribution >= 0.6 is 0 Å². The second kappa shape index (κ2) is 7.75. The van der Waals surface area contributed by atoms with Crippen molar-refractivity contribution in [1.82, 2.24) is 9.66 Å². The van der Waals surface area contributed by atoms with E-state index in [1.54, 1.807) is 30.3 Å². The molecular formula is C22H18N4O4. The van der Waals surface area contributed by atoms with Crippen molar-refractivity contribution in [2.45, 2.75) is 19.8 Å².